The minimum absolute atomic E-state index is 0.0506. The number of carbonyl (C=O) groups is 1. The van der Waals surface area contributed by atoms with Crippen molar-refractivity contribution in [2.75, 3.05) is 0 Å². The molecule has 4 nitrogen and oxygen atoms in total. The fourth-order valence-corrected chi connectivity index (χ4v) is 4.35. The number of rotatable bonds is 2. The summed E-state index contributed by atoms with van der Waals surface area (Å²) in [5, 5.41) is 11.8. The molecule has 4 rings (SSSR count). The Bertz CT molecular complexity index is 807. The van der Waals surface area contributed by atoms with E-state index in [-0.39, 0.29) is 17.6 Å². The lowest BCUT2D eigenvalue weighted by atomic mass is 9.88. The molecular weight excluding hydrogens is 317 g/mol. The van der Waals surface area contributed by atoms with Crippen molar-refractivity contribution in [1.82, 2.24) is 15.5 Å². The van der Waals surface area contributed by atoms with Gasteiger partial charge in [0.15, 0.2) is 0 Å². The minimum atomic E-state index is -0.410. The quantitative estimate of drug-likeness (QED) is 0.892. The van der Waals surface area contributed by atoms with Gasteiger partial charge < -0.3 is 5.32 Å². The standard InChI is InChI=1S/C18H18FN3O.C2H6/c1-10-12-7-8-18(10,20-11(2)23)17-14(12)9-16(21-22-17)13-5-3-4-6-15(13)19;1-2/h3-6,9-10,12H,7-8H2,1-2H3,(H,20,23);1-2H3/t10-,12-,18?;/m1./s1. The van der Waals surface area contributed by atoms with Crippen LogP contribution < -0.4 is 5.32 Å². The Kier molecular flexibility index (Phi) is 4.58. The fourth-order valence-electron chi connectivity index (χ4n) is 4.35. The molecule has 25 heavy (non-hydrogen) atoms. The molecule has 1 aromatic carbocycles. The van der Waals surface area contributed by atoms with Gasteiger partial charge in [-0.1, -0.05) is 32.9 Å². The van der Waals surface area contributed by atoms with Crippen LogP contribution in [-0.2, 0) is 10.3 Å². The van der Waals surface area contributed by atoms with Gasteiger partial charge in [0.1, 0.15) is 5.82 Å². The maximum atomic E-state index is 14.0. The van der Waals surface area contributed by atoms with Gasteiger partial charge in [-0.15, -0.1) is 0 Å². The van der Waals surface area contributed by atoms with Crippen LogP contribution in [0.25, 0.3) is 11.3 Å². The Balaban J connectivity index is 0.000000880. The van der Waals surface area contributed by atoms with Crippen molar-refractivity contribution in [2.45, 2.75) is 52.0 Å². The molecule has 0 saturated heterocycles. The van der Waals surface area contributed by atoms with Crippen molar-refractivity contribution in [3.63, 3.8) is 0 Å². The highest BCUT2D eigenvalue weighted by Crippen LogP contribution is 2.58. The molecule has 3 atom stereocenters. The van der Waals surface area contributed by atoms with E-state index in [0.717, 1.165) is 24.1 Å². The average Bonchev–Trinajstić information content (AvgIpc) is 3.04. The van der Waals surface area contributed by atoms with Crippen LogP contribution in [0.4, 0.5) is 4.39 Å². The molecule has 1 N–H and O–H groups in total. The van der Waals surface area contributed by atoms with Crippen LogP contribution in [0, 0.1) is 11.7 Å². The SMILES string of the molecule is CC.CC(=O)NC12CC[C@@H](c3cc(-c4ccccc4F)nnc31)[C@H]2C. The Hall–Kier alpha value is -2.30. The molecule has 2 aliphatic rings. The molecule has 2 aromatic rings. The summed E-state index contributed by atoms with van der Waals surface area (Å²) in [6.07, 6.45) is 1.90. The first-order chi connectivity index (χ1) is 12.0. The van der Waals surface area contributed by atoms with Crippen molar-refractivity contribution in [2.24, 2.45) is 5.92 Å². The molecule has 1 fully saturated rings. The Labute approximate surface area is 147 Å². The molecule has 132 valence electrons. The lowest BCUT2D eigenvalue weighted by Gasteiger charge is -2.31. The number of hydrogen-bond acceptors (Lipinski definition) is 3. The molecule has 1 aromatic heterocycles. The van der Waals surface area contributed by atoms with Gasteiger partial charge in [0.05, 0.1) is 16.9 Å². The van der Waals surface area contributed by atoms with Crippen molar-refractivity contribution in [1.29, 1.82) is 0 Å². The Morgan fingerprint density at radius 3 is 2.68 bits per heavy atom. The number of halogens is 1. The molecule has 0 spiro atoms. The van der Waals surface area contributed by atoms with Crippen molar-refractivity contribution in [3.05, 3.63) is 47.4 Å². The Morgan fingerprint density at radius 2 is 2.00 bits per heavy atom. The third-order valence-corrected chi connectivity index (χ3v) is 5.42. The normalized spacial score (nSPS) is 25.8. The molecule has 1 amide bonds. The molecule has 2 aliphatic carbocycles. The van der Waals surface area contributed by atoms with E-state index in [0.29, 0.717) is 17.2 Å². The van der Waals surface area contributed by atoms with Gasteiger partial charge >= 0.3 is 0 Å². The second-order valence-electron chi connectivity index (χ2n) is 6.60. The highest BCUT2D eigenvalue weighted by Gasteiger charge is 2.57. The summed E-state index contributed by atoms with van der Waals surface area (Å²) in [6, 6.07) is 8.55. The third-order valence-electron chi connectivity index (χ3n) is 5.42. The van der Waals surface area contributed by atoms with Gasteiger partial charge in [0.25, 0.3) is 0 Å². The summed E-state index contributed by atoms with van der Waals surface area (Å²) < 4.78 is 14.0. The van der Waals surface area contributed by atoms with E-state index in [1.807, 2.05) is 19.9 Å². The Morgan fingerprint density at radius 1 is 1.28 bits per heavy atom. The van der Waals surface area contributed by atoms with Crippen LogP contribution >= 0.6 is 0 Å². The summed E-state index contributed by atoms with van der Waals surface area (Å²) in [6.45, 7) is 7.69. The van der Waals surface area contributed by atoms with Gasteiger partial charge in [-0.2, -0.15) is 10.2 Å². The molecule has 1 saturated carbocycles. The van der Waals surface area contributed by atoms with E-state index in [2.05, 4.69) is 22.4 Å². The number of nitrogens with one attached hydrogen (secondary N) is 1. The molecule has 1 heterocycles. The predicted octanol–water partition coefficient (Wildman–Crippen LogP) is 4.17. The maximum absolute atomic E-state index is 14.0. The number of carbonyl (C=O) groups excluding carboxylic acids is 1. The maximum Gasteiger partial charge on any atom is 0.217 e. The lowest BCUT2D eigenvalue weighted by Crippen LogP contribution is -2.46. The first kappa shape index (κ1) is 17.5. The van der Waals surface area contributed by atoms with Gasteiger partial charge in [-0.25, -0.2) is 4.39 Å². The van der Waals surface area contributed by atoms with Gasteiger partial charge in [0, 0.05) is 12.5 Å². The van der Waals surface area contributed by atoms with Crippen molar-refractivity contribution < 1.29 is 9.18 Å². The zero-order valence-electron chi connectivity index (χ0n) is 15.1. The number of aromatic nitrogens is 2. The first-order valence-corrected chi connectivity index (χ1v) is 8.94. The molecular formula is C20H24FN3O. The van der Waals surface area contributed by atoms with Gasteiger partial charge in [0.2, 0.25) is 5.91 Å². The van der Waals surface area contributed by atoms with Gasteiger partial charge in [-0.3, -0.25) is 4.79 Å². The summed E-state index contributed by atoms with van der Waals surface area (Å²) >= 11 is 0. The predicted molar refractivity (Wildman–Crippen MR) is 95.4 cm³/mol. The largest absolute Gasteiger partial charge is 0.345 e. The zero-order chi connectivity index (χ0) is 18.2. The number of amides is 1. The van der Waals surface area contributed by atoms with Crippen LogP contribution in [0.3, 0.4) is 0 Å². The summed E-state index contributed by atoms with van der Waals surface area (Å²) in [7, 11) is 0. The second-order valence-corrected chi connectivity index (χ2v) is 6.60. The first-order valence-electron chi connectivity index (χ1n) is 8.94. The molecule has 2 bridgehead atoms. The van der Waals surface area contributed by atoms with Crippen LogP contribution in [0.5, 0.6) is 0 Å². The number of hydrogen-bond donors (Lipinski definition) is 1. The summed E-state index contributed by atoms with van der Waals surface area (Å²) in [4.78, 5) is 11.7. The molecule has 0 radical (unpaired) electrons. The number of benzene rings is 1. The van der Waals surface area contributed by atoms with E-state index in [1.54, 1.807) is 18.2 Å². The van der Waals surface area contributed by atoms with Crippen LogP contribution in [-0.4, -0.2) is 16.1 Å². The molecule has 0 aliphatic heterocycles. The zero-order valence-corrected chi connectivity index (χ0v) is 15.1. The summed E-state index contributed by atoms with van der Waals surface area (Å²) in [5.74, 6) is 0.282. The van der Waals surface area contributed by atoms with E-state index in [4.69, 9.17) is 0 Å². The topological polar surface area (TPSA) is 54.9 Å². The smallest absolute Gasteiger partial charge is 0.217 e. The van der Waals surface area contributed by atoms with E-state index in [9.17, 15) is 9.18 Å². The van der Waals surface area contributed by atoms with E-state index in [1.165, 1.54) is 13.0 Å². The lowest BCUT2D eigenvalue weighted by molar-refractivity contribution is -0.121. The fraction of sp³-hybridized carbons (Fsp3) is 0.450. The van der Waals surface area contributed by atoms with Gasteiger partial charge in [-0.05, 0) is 48.4 Å². The second kappa shape index (κ2) is 6.54. The highest BCUT2D eigenvalue weighted by atomic mass is 19.1. The van der Waals surface area contributed by atoms with E-state index >= 15 is 0 Å². The van der Waals surface area contributed by atoms with Crippen LogP contribution in [0.15, 0.2) is 30.3 Å². The highest BCUT2D eigenvalue weighted by molar-refractivity contribution is 5.75. The molecule has 1 unspecified atom stereocenters. The number of fused-ring (bicyclic) bond motifs is 5. The van der Waals surface area contributed by atoms with Crippen molar-refractivity contribution >= 4 is 5.91 Å². The average molecular weight is 341 g/mol. The minimum Gasteiger partial charge on any atom is -0.345 e. The van der Waals surface area contributed by atoms with Crippen LogP contribution in [0.1, 0.15) is 57.7 Å². The summed E-state index contributed by atoms with van der Waals surface area (Å²) in [5.41, 5.74) is 2.57. The third kappa shape index (κ3) is 2.62. The van der Waals surface area contributed by atoms with E-state index < -0.39 is 5.54 Å². The number of nitrogens with zero attached hydrogens (tertiary/aromatic N) is 2. The van der Waals surface area contributed by atoms with Crippen molar-refractivity contribution in [3.8, 4) is 11.3 Å². The monoisotopic (exact) mass is 341 g/mol. The molecule has 5 heteroatoms. The van der Waals surface area contributed by atoms with Crippen LogP contribution in [0.2, 0.25) is 0 Å².